The standard InChI is InChI=1S/C70H125NO18/c1-3-5-7-9-11-13-15-17-19-21-23-25-26-28-29-31-33-35-37-39-41-43-45-47-54(75)53(71-58(76)48-46-44-42-40-38-36-34-32-30-27-24-22-20-18-16-14-12-10-8-6-4-2)52-84-68-64(82)61(79)66(56(50-73)86-68)89-70-65(83)62(80)67(57(51-74)87-70)88-69-63(81)60(78)59(77)55(49-72)85-69/h16,18,22,24,29,31,37,39,45,47,53-57,59-70,72-75,77-83H,3-15,17,19-21,23,25-28,30,32-36,38,40-44,46,48-52H2,1-2H3,(H,71,76)/b18-16-,24-22-,31-29+,39-37+,47-45+. The summed E-state index contributed by atoms with van der Waals surface area (Å²) in [6.07, 6.45) is 36.2. The highest BCUT2D eigenvalue weighted by Crippen LogP contribution is 2.33. The van der Waals surface area contributed by atoms with E-state index in [4.69, 9.17) is 28.4 Å². The molecule has 0 aliphatic carbocycles. The Labute approximate surface area is 535 Å². The Balaban J connectivity index is 1.47. The van der Waals surface area contributed by atoms with E-state index in [1.807, 2.05) is 6.08 Å². The van der Waals surface area contributed by atoms with Crippen LogP contribution in [0.1, 0.15) is 245 Å². The molecule has 19 heteroatoms. The van der Waals surface area contributed by atoms with Gasteiger partial charge in [-0.05, 0) is 77.0 Å². The van der Waals surface area contributed by atoms with Gasteiger partial charge >= 0.3 is 0 Å². The van der Waals surface area contributed by atoms with Gasteiger partial charge in [0.15, 0.2) is 18.9 Å². The average molecular weight is 1270 g/mol. The summed E-state index contributed by atoms with van der Waals surface area (Å²) in [5, 5.41) is 120. The van der Waals surface area contributed by atoms with Crippen molar-refractivity contribution in [1.29, 1.82) is 0 Å². The van der Waals surface area contributed by atoms with Crippen molar-refractivity contribution < 1.29 is 89.4 Å². The Morgan fingerprint density at radius 3 is 1.19 bits per heavy atom. The summed E-state index contributed by atoms with van der Waals surface area (Å²) in [6, 6.07) is -1.00. The average Bonchev–Trinajstić information content (AvgIpc) is 1.93. The molecule has 0 aromatic rings. The van der Waals surface area contributed by atoms with Crippen molar-refractivity contribution in [3.63, 3.8) is 0 Å². The van der Waals surface area contributed by atoms with Crippen LogP contribution in [0.2, 0.25) is 0 Å². The SMILES string of the molecule is CCCCCCC/C=C\C/C=C\CCCCCCCCCCCC(=O)NC(COC1OC(CO)C(OC2OC(CO)C(OC3OC(CO)C(O)C(O)C3O)C(O)C2O)C(O)C1O)C(O)/C=C/CC/C=C/CC/C=C/CCCCCCCCCCCCCCC. The zero-order valence-corrected chi connectivity index (χ0v) is 54.6. The van der Waals surface area contributed by atoms with Crippen LogP contribution < -0.4 is 5.32 Å². The third kappa shape index (κ3) is 33.9. The number of hydrogen-bond acceptors (Lipinski definition) is 18. The monoisotopic (exact) mass is 1270 g/mol. The number of hydrogen-bond donors (Lipinski definition) is 12. The number of amides is 1. The van der Waals surface area contributed by atoms with Crippen molar-refractivity contribution >= 4 is 5.91 Å². The molecule has 0 saturated carbocycles. The molecule has 3 aliphatic heterocycles. The third-order valence-electron chi connectivity index (χ3n) is 17.3. The molecule has 1 amide bonds. The van der Waals surface area contributed by atoms with Gasteiger partial charge in [-0.15, -0.1) is 0 Å². The van der Waals surface area contributed by atoms with Crippen LogP contribution in [0.15, 0.2) is 60.8 Å². The van der Waals surface area contributed by atoms with E-state index in [2.05, 4.69) is 67.8 Å². The lowest BCUT2D eigenvalue weighted by Crippen LogP contribution is -2.66. The van der Waals surface area contributed by atoms with Gasteiger partial charge in [0.2, 0.25) is 5.91 Å². The Morgan fingerprint density at radius 1 is 0.404 bits per heavy atom. The highest BCUT2D eigenvalue weighted by molar-refractivity contribution is 5.76. The molecule has 0 bridgehead atoms. The number of nitrogens with one attached hydrogen (secondary N) is 1. The fraction of sp³-hybridized carbons (Fsp3) is 0.843. The predicted molar refractivity (Wildman–Crippen MR) is 346 cm³/mol. The number of aliphatic hydroxyl groups excluding tert-OH is 11. The van der Waals surface area contributed by atoms with E-state index >= 15 is 0 Å². The molecule has 0 aromatic carbocycles. The molecule has 3 rings (SSSR count). The molecule has 0 aromatic heterocycles. The van der Waals surface area contributed by atoms with Crippen LogP contribution in [0.25, 0.3) is 0 Å². The number of allylic oxidation sites excluding steroid dienone is 9. The van der Waals surface area contributed by atoms with Crippen LogP contribution in [0, 0.1) is 0 Å². The predicted octanol–water partition coefficient (Wildman–Crippen LogP) is 9.16. The maximum absolute atomic E-state index is 13.4. The molecule has 17 unspecified atom stereocenters. The van der Waals surface area contributed by atoms with E-state index in [0.717, 1.165) is 64.2 Å². The van der Waals surface area contributed by atoms with Gasteiger partial charge in [-0.1, -0.05) is 222 Å². The van der Waals surface area contributed by atoms with Gasteiger partial charge < -0.3 is 89.9 Å². The van der Waals surface area contributed by atoms with Crippen LogP contribution in [-0.4, -0.2) is 193 Å². The third-order valence-corrected chi connectivity index (χ3v) is 17.3. The molecule has 19 nitrogen and oxygen atoms in total. The van der Waals surface area contributed by atoms with Crippen LogP contribution in [-0.2, 0) is 33.2 Å². The molecule has 89 heavy (non-hydrogen) atoms. The largest absolute Gasteiger partial charge is 0.394 e. The number of ether oxygens (including phenoxy) is 6. The van der Waals surface area contributed by atoms with Crippen molar-refractivity contribution in [2.75, 3.05) is 26.4 Å². The quantitative estimate of drug-likeness (QED) is 0.0199. The maximum atomic E-state index is 13.4. The van der Waals surface area contributed by atoms with E-state index in [9.17, 15) is 61.0 Å². The second kappa shape index (κ2) is 51.8. The van der Waals surface area contributed by atoms with E-state index in [0.29, 0.717) is 12.8 Å². The van der Waals surface area contributed by atoms with Gasteiger partial charge in [0.25, 0.3) is 0 Å². The molecule has 3 fully saturated rings. The smallest absolute Gasteiger partial charge is 0.220 e. The summed E-state index contributed by atoms with van der Waals surface area (Å²) < 4.78 is 34.3. The fourth-order valence-corrected chi connectivity index (χ4v) is 11.5. The first-order valence-corrected chi connectivity index (χ1v) is 35.0. The van der Waals surface area contributed by atoms with Gasteiger partial charge in [0.1, 0.15) is 73.2 Å². The minimum Gasteiger partial charge on any atom is -0.394 e. The zero-order chi connectivity index (χ0) is 64.7. The van der Waals surface area contributed by atoms with Gasteiger partial charge in [0, 0.05) is 6.42 Å². The second-order valence-electron chi connectivity index (χ2n) is 25.0. The van der Waals surface area contributed by atoms with Crippen molar-refractivity contribution in [2.45, 2.75) is 349 Å². The number of carbonyl (C=O) groups excluding carboxylic acids is 1. The molecule has 0 radical (unpaired) electrons. The summed E-state index contributed by atoms with van der Waals surface area (Å²) in [7, 11) is 0. The van der Waals surface area contributed by atoms with Gasteiger partial charge in [0.05, 0.1) is 38.6 Å². The number of carbonyl (C=O) groups is 1. The first kappa shape index (κ1) is 80.7. The highest BCUT2D eigenvalue weighted by atomic mass is 16.8. The molecule has 518 valence electrons. The molecule has 17 atom stereocenters. The topological polar surface area (TPSA) is 307 Å². The number of unbranched alkanes of at least 4 members (excludes halogenated alkanes) is 29. The van der Waals surface area contributed by atoms with Crippen molar-refractivity contribution in [2.24, 2.45) is 0 Å². The molecular formula is C70H125NO18. The maximum Gasteiger partial charge on any atom is 0.220 e. The van der Waals surface area contributed by atoms with Gasteiger partial charge in [-0.2, -0.15) is 0 Å². The summed E-state index contributed by atoms with van der Waals surface area (Å²) in [4.78, 5) is 13.4. The normalized spacial score (nSPS) is 28.6. The van der Waals surface area contributed by atoms with E-state index < -0.39 is 124 Å². The molecule has 3 aliphatic rings. The fourth-order valence-electron chi connectivity index (χ4n) is 11.5. The lowest BCUT2D eigenvalue weighted by Gasteiger charge is -2.48. The van der Waals surface area contributed by atoms with E-state index in [1.54, 1.807) is 6.08 Å². The first-order valence-electron chi connectivity index (χ1n) is 35.0. The molecular weight excluding hydrogens is 1140 g/mol. The van der Waals surface area contributed by atoms with Crippen LogP contribution >= 0.6 is 0 Å². The van der Waals surface area contributed by atoms with E-state index in [1.165, 1.54) is 148 Å². The Morgan fingerprint density at radius 2 is 0.753 bits per heavy atom. The lowest BCUT2D eigenvalue weighted by molar-refractivity contribution is -0.379. The number of aliphatic hydroxyl groups is 11. The molecule has 3 heterocycles. The summed E-state index contributed by atoms with van der Waals surface area (Å²) >= 11 is 0. The van der Waals surface area contributed by atoms with E-state index in [-0.39, 0.29) is 18.9 Å². The summed E-state index contributed by atoms with van der Waals surface area (Å²) in [5.41, 5.74) is 0. The van der Waals surface area contributed by atoms with Gasteiger partial charge in [-0.3, -0.25) is 4.79 Å². The van der Waals surface area contributed by atoms with Gasteiger partial charge in [-0.25, -0.2) is 0 Å². The molecule has 3 saturated heterocycles. The van der Waals surface area contributed by atoms with Crippen molar-refractivity contribution in [1.82, 2.24) is 5.32 Å². The number of rotatable bonds is 53. The zero-order valence-electron chi connectivity index (χ0n) is 54.6. The highest BCUT2D eigenvalue weighted by Gasteiger charge is 2.53. The van der Waals surface area contributed by atoms with Crippen LogP contribution in [0.4, 0.5) is 0 Å². The first-order chi connectivity index (χ1) is 43.3. The lowest BCUT2D eigenvalue weighted by atomic mass is 9.96. The minimum atomic E-state index is -1.98. The van der Waals surface area contributed by atoms with Crippen LogP contribution in [0.5, 0.6) is 0 Å². The Kier molecular flexibility index (Phi) is 47.0. The molecule has 12 N–H and O–H groups in total. The van der Waals surface area contributed by atoms with Crippen molar-refractivity contribution in [3.05, 3.63) is 60.8 Å². The minimum absolute atomic E-state index is 0.225. The van der Waals surface area contributed by atoms with Crippen LogP contribution in [0.3, 0.4) is 0 Å². The summed E-state index contributed by atoms with van der Waals surface area (Å²) in [5.74, 6) is -0.294. The Bertz CT molecular complexity index is 1850. The second-order valence-corrected chi connectivity index (χ2v) is 25.0. The summed E-state index contributed by atoms with van der Waals surface area (Å²) in [6.45, 7) is 1.70. The molecule has 0 spiro atoms. The Hall–Kier alpha value is -2.51. The van der Waals surface area contributed by atoms with Crippen molar-refractivity contribution in [3.8, 4) is 0 Å².